The van der Waals surface area contributed by atoms with Crippen molar-refractivity contribution in [3.63, 3.8) is 0 Å². The molecule has 8 heteroatoms. The van der Waals surface area contributed by atoms with Crippen molar-refractivity contribution < 1.29 is 14.3 Å². The predicted octanol–water partition coefficient (Wildman–Crippen LogP) is 4.15. The lowest BCUT2D eigenvalue weighted by Gasteiger charge is -2.11. The quantitative estimate of drug-likeness (QED) is 0.327. The molecule has 0 atom stereocenters. The number of halogens is 1. The Balaban J connectivity index is 1.83. The zero-order chi connectivity index (χ0) is 22.5. The Morgan fingerprint density at radius 2 is 1.84 bits per heavy atom. The molecule has 0 fully saturated rings. The molecule has 3 aromatic carbocycles. The SMILES string of the molecule is COC(=O)COc1ccc(Cl)cc1C=Nn1c(-c2ccccc2)nc2ccccc2c1=O. The summed E-state index contributed by atoms with van der Waals surface area (Å²) in [6, 6.07) is 21.3. The Bertz CT molecular complexity index is 1370. The van der Waals surface area contributed by atoms with Crippen LogP contribution in [0.4, 0.5) is 0 Å². The van der Waals surface area contributed by atoms with Crippen LogP contribution in [0.25, 0.3) is 22.3 Å². The smallest absolute Gasteiger partial charge is 0.343 e. The first-order valence-corrected chi connectivity index (χ1v) is 10.1. The van der Waals surface area contributed by atoms with Gasteiger partial charge in [-0.2, -0.15) is 9.78 Å². The second-order valence-electron chi connectivity index (χ2n) is 6.73. The molecule has 0 aliphatic carbocycles. The van der Waals surface area contributed by atoms with Gasteiger partial charge in [-0.3, -0.25) is 4.79 Å². The lowest BCUT2D eigenvalue weighted by molar-refractivity contribution is -0.142. The number of hydrogen-bond acceptors (Lipinski definition) is 6. The highest BCUT2D eigenvalue weighted by Gasteiger charge is 2.13. The highest BCUT2D eigenvalue weighted by Crippen LogP contribution is 2.23. The average molecular weight is 448 g/mol. The molecule has 0 aliphatic rings. The fraction of sp³-hybridized carbons (Fsp3) is 0.0833. The van der Waals surface area contributed by atoms with Gasteiger partial charge in [0.05, 0.1) is 24.2 Å². The van der Waals surface area contributed by atoms with Crippen LogP contribution in [-0.4, -0.2) is 35.6 Å². The van der Waals surface area contributed by atoms with Gasteiger partial charge in [-0.15, -0.1) is 0 Å². The number of fused-ring (bicyclic) bond motifs is 1. The molecule has 0 unspecified atom stereocenters. The standard InChI is InChI=1S/C24H18ClN3O4/c1-31-22(29)15-32-21-12-11-18(25)13-17(21)14-26-28-23(16-7-3-2-4-8-16)27-20-10-6-5-9-19(20)24(28)30/h2-14H,15H2,1H3. The Morgan fingerprint density at radius 3 is 2.62 bits per heavy atom. The minimum absolute atomic E-state index is 0.272. The lowest BCUT2D eigenvalue weighted by Crippen LogP contribution is -2.20. The maximum Gasteiger partial charge on any atom is 0.343 e. The van der Waals surface area contributed by atoms with Gasteiger partial charge in [-0.05, 0) is 30.3 Å². The summed E-state index contributed by atoms with van der Waals surface area (Å²) < 4.78 is 11.4. The fourth-order valence-corrected chi connectivity index (χ4v) is 3.25. The van der Waals surface area contributed by atoms with Gasteiger partial charge in [0.15, 0.2) is 12.4 Å². The number of aromatic nitrogens is 2. The molecule has 0 aliphatic heterocycles. The van der Waals surface area contributed by atoms with Crippen molar-refractivity contribution in [1.29, 1.82) is 0 Å². The van der Waals surface area contributed by atoms with E-state index < -0.39 is 5.97 Å². The van der Waals surface area contributed by atoms with Crippen LogP contribution in [0, 0.1) is 0 Å². The van der Waals surface area contributed by atoms with Gasteiger partial charge >= 0.3 is 5.97 Å². The zero-order valence-electron chi connectivity index (χ0n) is 17.1. The minimum atomic E-state index is -0.524. The highest BCUT2D eigenvalue weighted by molar-refractivity contribution is 6.30. The molecule has 0 saturated carbocycles. The summed E-state index contributed by atoms with van der Waals surface area (Å²) in [5.74, 6) is 0.236. The minimum Gasteiger partial charge on any atom is -0.481 e. The lowest BCUT2D eigenvalue weighted by atomic mass is 10.2. The van der Waals surface area contributed by atoms with Crippen LogP contribution in [0.2, 0.25) is 5.02 Å². The summed E-state index contributed by atoms with van der Waals surface area (Å²) in [6.45, 7) is -0.272. The number of carbonyl (C=O) groups excluding carboxylic acids is 1. The Morgan fingerprint density at radius 1 is 1.09 bits per heavy atom. The van der Waals surface area contributed by atoms with E-state index in [0.717, 1.165) is 5.56 Å². The molecule has 0 bridgehead atoms. The number of hydrogen-bond donors (Lipinski definition) is 0. The van der Waals surface area contributed by atoms with Crippen LogP contribution in [0.15, 0.2) is 82.7 Å². The summed E-state index contributed by atoms with van der Waals surface area (Å²) in [4.78, 5) is 29.4. The number of nitrogens with zero attached hydrogens (tertiary/aromatic N) is 3. The van der Waals surface area contributed by atoms with E-state index in [1.807, 2.05) is 36.4 Å². The molecular formula is C24H18ClN3O4. The molecule has 160 valence electrons. The van der Waals surface area contributed by atoms with E-state index in [0.29, 0.717) is 33.1 Å². The number of methoxy groups -OCH3 is 1. The third-order valence-corrected chi connectivity index (χ3v) is 4.88. The van der Waals surface area contributed by atoms with Gasteiger partial charge in [0.2, 0.25) is 0 Å². The first-order valence-electron chi connectivity index (χ1n) is 9.67. The Labute approximate surface area is 188 Å². The molecular weight excluding hydrogens is 430 g/mol. The second-order valence-corrected chi connectivity index (χ2v) is 7.16. The van der Waals surface area contributed by atoms with E-state index >= 15 is 0 Å². The number of carbonyl (C=O) groups is 1. The van der Waals surface area contributed by atoms with E-state index in [-0.39, 0.29) is 12.2 Å². The highest BCUT2D eigenvalue weighted by atomic mass is 35.5. The van der Waals surface area contributed by atoms with Crippen molar-refractivity contribution in [2.75, 3.05) is 13.7 Å². The van der Waals surface area contributed by atoms with Crippen molar-refractivity contribution in [3.05, 3.63) is 93.7 Å². The predicted molar refractivity (Wildman–Crippen MR) is 123 cm³/mol. The third-order valence-electron chi connectivity index (χ3n) is 4.64. The number of para-hydroxylation sites is 1. The van der Waals surface area contributed by atoms with E-state index in [1.54, 1.807) is 36.4 Å². The molecule has 0 amide bonds. The molecule has 4 rings (SSSR count). The van der Waals surface area contributed by atoms with Gasteiger partial charge in [0, 0.05) is 16.1 Å². The molecule has 4 aromatic rings. The molecule has 0 saturated heterocycles. The normalized spacial score (nSPS) is 11.1. The molecule has 0 N–H and O–H groups in total. The second kappa shape index (κ2) is 9.45. The van der Waals surface area contributed by atoms with Crippen LogP contribution >= 0.6 is 11.6 Å². The summed E-state index contributed by atoms with van der Waals surface area (Å²) in [5.41, 5.74) is 1.48. The van der Waals surface area contributed by atoms with Gasteiger partial charge in [-0.25, -0.2) is 9.78 Å². The summed E-state index contributed by atoms with van der Waals surface area (Å²) in [5, 5.41) is 5.30. The molecule has 7 nitrogen and oxygen atoms in total. The summed E-state index contributed by atoms with van der Waals surface area (Å²) in [6.07, 6.45) is 1.45. The van der Waals surface area contributed by atoms with Crippen molar-refractivity contribution in [3.8, 4) is 17.1 Å². The molecule has 0 spiro atoms. The monoisotopic (exact) mass is 447 g/mol. The van der Waals surface area contributed by atoms with E-state index in [4.69, 9.17) is 16.3 Å². The van der Waals surface area contributed by atoms with Crippen molar-refractivity contribution in [1.82, 2.24) is 9.66 Å². The Kier molecular flexibility index (Phi) is 6.28. The molecule has 32 heavy (non-hydrogen) atoms. The van der Waals surface area contributed by atoms with E-state index in [1.165, 1.54) is 18.0 Å². The first kappa shape index (κ1) is 21.3. The third kappa shape index (κ3) is 4.53. The first-order chi connectivity index (χ1) is 15.6. The van der Waals surface area contributed by atoms with Crippen LogP contribution < -0.4 is 10.3 Å². The van der Waals surface area contributed by atoms with Crippen LogP contribution in [0.5, 0.6) is 5.75 Å². The van der Waals surface area contributed by atoms with E-state index in [9.17, 15) is 9.59 Å². The zero-order valence-corrected chi connectivity index (χ0v) is 17.8. The Hall–Kier alpha value is -3.97. The summed E-state index contributed by atoms with van der Waals surface area (Å²) in [7, 11) is 1.28. The van der Waals surface area contributed by atoms with Crippen LogP contribution in [-0.2, 0) is 9.53 Å². The van der Waals surface area contributed by atoms with Crippen molar-refractivity contribution in [2.24, 2.45) is 5.10 Å². The molecule has 1 heterocycles. The van der Waals surface area contributed by atoms with Crippen LogP contribution in [0.3, 0.4) is 0 Å². The number of rotatable bonds is 6. The van der Waals surface area contributed by atoms with Crippen LogP contribution in [0.1, 0.15) is 5.56 Å². The number of benzene rings is 3. The molecule has 1 aromatic heterocycles. The van der Waals surface area contributed by atoms with Gasteiger partial charge < -0.3 is 9.47 Å². The van der Waals surface area contributed by atoms with Crippen molar-refractivity contribution >= 4 is 34.7 Å². The fourth-order valence-electron chi connectivity index (χ4n) is 3.07. The van der Waals surface area contributed by atoms with Gasteiger partial charge in [0.25, 0.3) is 5.56 Å². The maximum absolute atomic E-state index is 13.2. The molecule has 0 radical (unpaired) electrons. The largest absolute Gasteiger partial charge is 0.481 e. The van der Waals surface area contributed by atoms with Gasteiger partial charge in [-0.1, -0.05) is 54.1 Å². The number of esters is 1. The average Bonchev–Trinajstić information content (AvgIpc) is 2.83. The van der Waals surface area contributed by atoms with E-state index in [2.05, 4.69) is 14.8 Å². The number of ether oxygens (including phenoxy) is 2. The van der Waals surface area contributed by atoms with Crippen molar-refractivity contribution in [2.45, 2.75) is 0 Å². The topological polar surface area (TPSA) is 82.8 Å². The maximum atomic E-state index is 13.2. The summed E-state index contributed by atoms with van der Waals surface area (Å²) >= 11 is 6.14. The van der Waals surface area contributed by atoms with Gasteiger partial charge in [0.1, 0.15) is 5.75 Å².